The first-order chi connectivity index (χ1) is 13.2. The van der Waals surface area contributed by atoms with E-state index in [1.807, 2.05) is 0 Å². The van der Waals surface area contributed by atoms with Crippen LogP contribution in [0.2, 0.25) is 5.02 Å². The van der Waals surface area contributed by atoms with Gasteiger partial charge in [-0.05, 0) is 31.2 Å². The van der Waals surface area contributed by atoms with Gasteiger partial charge in [-0.3, -0.25) is 19.2 Å². The van der Waals surface area contributed by atoms with E-state index in [4.69, 9.17) is 21.1 Å². The lowest BCUT2D eigenvalue weighted by molar-refractivity contribution is -0.387. The second-order valence-electron chi connectivity index (χ2n) is 5.36. The predicted octanol–water partition coefficient (Wildman–Crippen LogP) is 3.02. The number of nitro benzene ring substituents is 1. The summed E-state index contributed by atoms with van der Waals surface area (Å²) in [5.74, 6) is -0.527. The largest absolute Gasteiger partial charge is 0.495 e. The Bertz CT molecular complexity index is 995. The lowest BCUT2D eigenvalue weighted by atomic mass is 10.3. The molecule has 0 bridgehead atoms. The van der Waals surface area contributed by atoms with E-state index in [9.17, 15) is 23.3 Å². The van der Waals surface area contributed by atoms with Gasteiger partial charge in [-0.2, -0.15) is 0 Å². The lowest BCUT2D eigenvalue weighted by Gasteiger charge is -2.24. The Morgan fingerprint density at radius 3 is 2.50 bits per heavy atom. The summed E-state index contributed by atoms with van der Waals surface area (Å²) in [6, 6.07) is 8.93. The fourth-order valence-corrected chi connectivity index (χ4v) is 4.21. The number of benzene rings is 2. The van der Waals surface area contributed by atoms with E-state index < -0.39 is 38.0 Å². The standard InChI is InChI=1S/C17H17ClN2O7S/c1-3-27-17(21)11-19(12-8-9-15(26-2)13(18)10-12)28(24,25)16-7-5-4-6-14(16)20(22)23/h4-10H,3,11H2,1-2H3. The highest BCUT2D eigenvalue weighted by Crippen LogP contribution is 2.34. The van der Waals surface area contributed by atoms with Gasteiger partial charge in [-0.1, -0.05) is 23.7 Å². The molecule has 0 N–H and O–H groups in total. The van der Waals surface area contributed by atoms with Gasteiger partial charge in [0.2, 0.25) is 0 Å². The van der Waals surface area contributed by atoms with Crippen LogP contribution in [0.1, 0.15) is 6.92 Å². The number of para-hydroxylation sites is 1. The van der Waals surface area contributed by atoms with Gasteiger partial charge < -0.3 is 9.47 Å². The van der Waals surface area contributed by atoms with E-state index in [-0.39, 0.29) is 17.3 Å². The Hall–Kier alpha value is -2.85. The molecule has 0 fully saturated rings. The summed E-state index contributed by atoms with van der Waals surface area (Å²) in [4.78, 5) is 21.9. The van der Waals surface area contributed by atoms with Crippen LogP contribution >= 0.6 is 11.6 Å². The molecule has 0 aromatic heterocycles. The van der Waals surface area contributed by atoms with E-state index in [0.29, 0.717) is 10.1 Å². The fraction of sp³-hybridized carbons (Fsp3) is 0.235. The van der Waals surface area contributed by atoms with Crippen molar-refractivity contribution in [3.8, 4) is 5.75 Å². The number of sulfonamides is 1. The van der Waals surface area contributed by atoms with Gasteiger partial charge in [0.25, 0.3) is 15.7 Å². The third-order valence-electron chi connectivity index (χ3n) is 3.63. The van der Waals surface area contributed by atoms with Crippen molar-refractivity contribution in [2.75, 3.05) is 24.6 Å². The summed E-state index contributed by atoms with van der Waals surface area (Å²) in [7, 11) is -3.10. The molecule has 150 valence electrons. The normalized spacial score (nSPS) is 11.0. The number of esters is 1. The van der Waals surface area contributed by atoms with Crippen LogP contribution in [0.5, 0.6) is 5.75 Å². The molecular formula is C17H17ClN2O7S. The summed E-state index contributed by atoms with van der Waals surface area (Å²) < 4.78 is 37.0. The van der Waals surface area contributed by atoms with Crippen LogP contribution in [0.3, 0.4) is 0 Å². The molecule has 9 nitrogen and oxygen atoms in total. The number of anilines is 1. The van der Waals surface area contributed by atoms with E-state index in [1.54, 1.807) is 6.92 Å². The second kappa shape index (κ2) is 8.89. The van der Waals surface area contributed by atoms with Crippen LogP contribution in [-0.2, 0) is 19.6 Å². The van der Waals surface area contributed by atoms with Gasteiger partial charge in [0.15, 0.2) is 4.90 Å². The van der Waals surface area contributed by atoms with Gasteiger partial charge in [-0.15, -0.1) is 0 Å². The van der Waals surface area contributed by atoms with Crippen LogP contribution < -0.4 is 9.04 Å². The monoisotopic (exact) mass is 428 g/mol. The Balaban J connectivity index is 2.63. The maximum atomic E-state index is 13.2. The molecule has 2 rings (SSSR count). The first-order valence-electron chi connectivity index (χ1n) is 7.97. The van der Waals surface area contributed by atoms with Crippen molar-refractivity contribution in [3.05, 3.63) is 57.6 Å². The van der Waals surface area contributed by atoms with Crippen molar-refractivity contribution in [1.82, 2.24) is 0 Å². The van der Waals surface area contributed by atoms with Crippen LogP contribution in [0.4, 0.5) is 11.4 Å². The first kappa shape index (κ1) is 21.5. The van der Waals surface area contributed by atoms with Crippen LogP contribution in [0.25, 0.3) is 0 Å². The Kier molecular flexibility index (Phi) is 6.81. The molecule has 0 unspecified atom stereocenters. The summed E-state index contributed by atoms with van der Waals surface area (Å²) in [5, 5.41) is 11.4. The molecule has 0 aliphatic heterocycles. The van der Waals surface area contributed by atoms with Crippen LogP contribution in [0.15, 0.2) is 47.4 Å². The zero-order valence-electron chi connectivity index (χ0n) is 15.0. The van der Waals surface area contributed by atoms with Gasteiger partial charge in [-0.25, -0.2) is 8.42 Å². The molecule has 28 heavy (non-hydrogen) atoms. The minimum atomic E-state index is -4.49. The van der Waals surface area contributed by atoms with Crippen molar-refractivity contribution in [2.24, 2.45) is 0 Å². The molecule has 0 saturated carbocycles. The molecule has 0 atom stereocenters. The van der Waals surface area contributed by atoms with Crippen molar-refractivity contribution < 1.29 is 27.6 Å². The number of hydrogen-bond donors (Lipinski definition) is 0. The average Bonchev–Trinajstić information content (AvgIpc) is 2.66. The number of halogens is 1. The molecule has 0 aliphatic rings. The molecule has 0 amide bonds. The van der Waals surface area contributed by atoms with E-state index in [1.165, 1.54) is 37.4 Å². The summed E-state index contributed by atoms with van der Waals surface area (Å²) in [6.45, 7) is 0.926. The zero-order chi connectivity index (χ0) is 20.9. The fourth-order valence-electron chi connectivity index (χ4n) is 2.39. The summed E-state index contributed by atoms with van der Waals surface area (Å²) in [6.07, 6.45) is 0. The number of methoxy groups -OCH3 is 1. The number of nitrogens with zero attached hydrogens (tertiary/aromatic N) is 2. The number of rotatable bonds is 8. The third-order valence-corrected chi connectivity index (χ3v) is 5.75. The number of nitro groups is 1. The van der Waals surface area contributed by atoms with Crippen molar-refractivity contribution in [2.45, 2.75) is 11.8 Å². The SMILES string of the molecule is CCOC(=O)CN(c1ccc(OC)c(Cl)c1)S(=O)(=O)c1ccccc1[N+](=O)[O-]. The van der Waals surface area contributed by atoms with Gasteiger partial charge >= 0.3 is 5.97 Å². The Morgan fingerprint density at radius 2 is 1.93 bits per heavy atom. The quantitative estimate of drug-likeness (QED) is 0.360. The number of hydrogen-bond acceptors (Lipinski definition) is 7. The molecule has 2 aromatic rings. The van der Waals surface area contributed by atoms with E-state index in [2.05, 4.69) is 0 Å². The topological polar surface area (TPSA) is 116 Å². The van der Waals surface area contributed by atoms with Crippen molar-refractivity contribution in [1.29, 1.82) is 0 Å². The predicted molar refractivity (Wildman–Crippen MR) is 102 cm³/mol. The maximum absolute atomic E-state index is 13.2. The highest BCUT2D eigenvalue weighted by Gasteiger charge is 2.33. The van der Waals surface area contributed by atoms with Crippen LogP contribution in [0, 0.1) is 10.1 Å². The highest BCUT2D eigenvalue weighted by atomic mass is 35.5. The summed E-state index contributed by atoms with van der Waals surface area (Å²) in [5.41, 5.74) is -0.590. The Morgan fingerprint density at radius 1 is 1.25 bits per heavy atom. The molecule has 11 heteroatoms. The molecule has 0 saturated heterocycles. The average molecular weight is 429 g/mol. The number of carbonyl (C=O) groups excluding carboxylic acids is 1. The van der Waals surface area contributed by atoms with Crippen LogP contribution in [-0.4, -0.2) is 39.6 Å². The van der Waals surface area contributed by atoms with Crippen molar-refractivity contribution >= 4 is 39.0 Å². The van der Waals surface area contributed by atoms with Gasteiger partial charge in [0, 0.05) is 6.07 Å². The minimum absolute atomic E-state index is 0.0250. The number of carbonyl (C=O) groups is 1. The lowest BCUT2D eigenvalue weighted by Crippen LogP contribution is -2.37. The second-order valence-corrected chi connectivity index (χ2v) is 7.60. The number of ether oxygens (including phenoxy) is 2. The summed E-state index contributed by atoms with van der Waals surface area (Å²) >= 11 is 6.08. The third kappa shape index (κ3) is 4.52. The molecule has 2 aromatic carbocycles. The van der Waals surface area contributed by atoms with Crippen molar-refractivity contribution in [3.63, 3.8) is 0 Å². The highest BCUT2D eigenvalue weighted by molar-refractivity contribution is 7.93. The van der Waals surface area contributed by atoms with E-state index >= 15 is 0 Å². The molecular weight excluding hydrogens is 412 g/mol. The van der Waals surface area contributed by atoms with Gasteiger partial charge in [0.05, 0.1) is 29.4 Å². The molecule has 0 heterocycles. The Labute approximate surface area is 166 Å². The minimum Gasteiger partial charge on any atom is -0.495 e. The first-order valence-corrected chi connectivity index (χ1v) is 9.79. The molecule has 0 radical (unpaired) electrons. The zero-order valence-corrected chi connectivity index (χ0v) is 16.6. The van der Waals surface area contributed by atoms with Gasteiger partial charge in [0.1, 0.15) is 12.3 Å². The van der Waals surface area contributed by atoms with E-state index in [0.717, 1.165) is 12.1 Å². The smallest absolute Gasteiger partial charge is 0.326 e. The molecule has 0 spiro atoms. The molecule has 0 aliphatic carbocycles. The maximum Gasteiger partial charge on any atom is 0.326 e.